The summed E-state index contributed by atoms with van der Waals surface area (Å²) in [7, 11) is 0. The van der Waals surface area contributed by atoms with Gasteiger partial charge >= 0.3 is 0 Å². The molecule has 94 valence electrons. The molecule has 1 heterocycles. The lowest BCUT2D eigenvalue weighted by atomic mass is 10.2. The predicted octanol–water partition coefficient (Wildman–Crippen LogP) is 1.84. The summed E-state index contributed by atoms with van der Waals surface area (Å²) in [6.45, 7) is 2.66. The maximum absolute atomic E-state index is 11.6. The number of hydrogen-bond donors (Lipinski definition) is 0. The summed E-state index contributed by atoms with van der Waals surface area (Å²) in [6, 6.07) is 3.52. The number of rotatable bonds is 2. The molecule has 18 heavy (non-hydrogen) atoms. The van der Waals surface area contributed by atoms with Crippen molar-refractivity contribution in [3.8, 4) is 0 Å². The average Bonchev–Trinajstić information content (AvgIpc) is 2.76. The molecule has 0 saturated carbocycles. The van der Waals surface area contributed by atoms with Gasteiger partial charge in [0, 0.05) is 18.7 Å². The van der Waals surface area contributed by atoms with Gasteiger partial charge in [-0.15, -0.1) is 11.8 Å². The number of carbonyl (C=O) groups is 2. The van der Waals surface area contributed by atoms with Crippen molar-refractivity contribution in [3.63, 3.8) is 0 Å². The molecule has 0 bridgehead atoms. The van der Waals surface area contributed by atoms with E-state index < -0.39 is 0 Å². The van der Waals surface area contributed by atoms with Crippen LogP contribution in [0.5, 0.6) is 0 Å². The van der Waals surface area contributed by atoms with Crippen molar-refractivity contribution in [2.75, 3.05) is 11.2 Å². The van der Waals surface area contributed by atoms with Crippen LogP contribution in [0.1, 0.15) is 13.8 Å². The molecule has 0 aliphatic rings. The van der Waals surface area contributed by atoms with Crippen LogP contribution in [0.4, 0.5) is 5.69 Å². The monoisotopic (exact) mass is 265 g/mol. The van der Waals surface area contributed by atoms with E-state index in [-0.39, 0.29) is 11.8 Å². The molecule has 2 aromatic rings. The Labute approximate surface area is 107 Å². The average molecular weight is 265 g/mol. The zero-order valence-corrected chi connectivity index (χ0v) is 10.9. The number of imide groups is 1. The highest BCUT2D eigenvalue weighted by molar-refractivity contribution is 7.98. The third-order valence-corrected chi connectivity index (χ3v) is 3.21. The van der Waals surface area contributed by atoms with Crippen LogP contribution in [0.25, 0.3) is 11.0 Å². The van der Waals surface area contributed by atoms with Gasteiger partial charge in [-0.25, -0.2) is 9.53 Å². The number of fused-ring (bicyclic) bond motifs is 1. The minimum atomic E-state index is -0.367. The molecule has 0 spiro atoms. The van der Waals surface area contributed by atoms with Crippen LogP contribution in [-0.2, 0) is 9.59 Å². The molecular weight excluding hydrogens is 254 g/mol. The third-order valence-electron chi connectivity index (χ3n) is 2.44. The van der Waals surface area contributed by atoms with E-state index in [0.29, 0.717) is 16.7 Å². The number of hydrogen-bond acceptors (Lipinski definition) is 6. The molecule has 0 unspecified atom stereocenters. The van der Waals surface area contributed by atoms with Crippen LogP contribution in [0, 0.1) is 0 Å². The molecule has 0 aliphatic carbocycles. The fourth-order valence-electron chi connectivity index (χ4n) is 1.74. The van der Waals surface area contributed by atoms with E-state index in [1.54, 1.807) is 12.1 Å². The van der Waals surface area contributed by atoms with Crippen molar-refractivity contribution in [1.29, 1.82) is 0 Å². The topological polar surface area (TPSA) is 76.3 Å². The molecule has 0 radical (unpaired) electrons. The third kappa shape index (κ3) is 1.97. The van der Waals surface area contributed by atoms with Gasteiger partial charge in [0.15, 0.2) is 5.52 Å². The molecule has 2 amide bonds. The molecule has 0 N–H and O–H groups in total. The number of anilines is 1. The minimum Gasteiger partial charge on any atom is -0.274 e. The molecule has 1 aromatic carbocycles. The van der Waals surface area contributed by atoms with E-state index in [0.717, 1.165) is 9.80 Å². The van der Waals surface area contributed by atoms with Gasteiger partial charge in [-0.05, 0) is 28.7 Å². The van der Waals surface area contributed by atoms with E-state index in [9.17, 15) is 9.59 Å². The van der Waals surface area contributed by atoms with Gasteiger partial charge in [0.25, 0.3) is 0 Å². The van der Waals surface area contributed by atoms with Crippen molar-refractivity contribution < 1.29 is 14.2 Å². The maximum Gasteiger partial charge on any atom is 0.230 e. The Balaban J connectivity index is 2.76. The largest absolute Gasteiger partial charge is 0.274 e. The highest BCUT2D eigenvalue weighted by Gasteiger charge is 2.24. The number of nitrogens with zero attached hydrogens (tertiary/aromatic N) is 3. The zero-order chi connectivity index (χ0) is 13.3. The summed E-state index contributed by atoms with van der Waals surface area (Å²) in [4.78, 5) is 25.1. The van der Waals surface area contributed by atoms with Gasteiger partial charge in [-0.3, -0.25) is 9.59 Å². The molecule has 0 saturated heterocycles. The van der Waals surface area contributed by atoms with Gasteiger partial charge in [0.1, 0.15) is 5.52 Å². The number of carbonyl (C=O) groups excluding carboxylic acids is 2. The quantitative estimate of drug-likeness (QED) is 0.771. The van der Waals surface area contributed by atoms with Gasteiger partial charge in [0.05, 0.1) is 5.69 Å². The molecule has 7 heteroatoms. The number of amides is 2. The van der Waals surface area contributed by atoms with E-state index in [4.69, 9.17) is 0 Å². The standard InChI is InChI=1S/C11H11N3O3S/c1-6(15)14(7(2)16)11-9(18-3)5-4-8-10(11)13-17-12-8/h4-5H,1-3H3. The van der Waals surface area contributed by atoms with Crippen molar-refractivity contribution in [2.45, 2.75) is 18.7 Å². The second-order valence-corrected chi connectivity index (χ2v) is 4.47. The summed E-state index contributed by atoms with van der Waals surface area (Å²) >= 11 is 1.42. The molecule has 1 aromatic heterocycles. The summed E-state index contributed by atoms with van der Waals surface area (Å²) in [5.74, 6) is -0.735. The lowest BCUT2D eigenvalue weighted by Gasteiger charge is -2.19. The Kier molecular flexibility index (Phi) is 3.33. The second-order valence-electron chi connectivity index (χ2n) is 3.62. The van der Waals surface area contributed by atoms with E-state index >= 15 is 0 Å². The minimum absolute atomic E-state index is 0.367. The van der Waals surface area contributed by atoms with Crippen LogP contribution in [0.3, 0.4) is 0 Å². The lowest BCUT2D eigenvalue weighted by molar-refractivity contribution is -0.124. The first-order valence-electron chi connectivity index (χ1n) is 5.16. The normalized spacial score (nSPS) is 10.6. The fraction of sp³-hybridized carbons (Fsp3) is 0.273. The van der Waals surface area contributed by atoms with Gasteiger partial charge in [-0.2, -0.15) is 0 Å². The van der Waals surface area contributed by atoms with Crippen molar-refractivity contribution in [1.82, 2.24) is 10.3 Å². The molecular formula is C11H11N3O3S. The van der Waals surface area contributed by atoms with Crippen molar-refractivity contribution in [3.05, 3.63) is 12.1 Å². The van der Waals surface area contributed by atoms with Gasteiger partial charge in [-0.1, -0.05) is 0 Å². The molecule has 6 nitrogen and oxygen atoms in total. The molecule has 0 atom stereocenters. The highest BCUT2D eigenvalue weighted by atomic mass is 32.2. The molecule has 0 fully saturated rings. The maximum atomic E-state index is 11.6. The Bertz CT molecular complexity index is 609. The Morgan fingerprint density at radius 1 is 1.22 bits per heavy atom. The van der Waals surface area contributed by atoms with E-state index in [1.807, 2.05) is 6.26 Å². The van der Waals surface area contributed by atoms with Crippen LogP contribution >= 0.6 is 11.8 Å². The summed E-state index contributed by atoms with van der Waals surface area (Å²) < 4.78 is 4.66. The highest BCUT2D eigenvalue weighted by Crippen LogP contribution is 2.34. The summed E-state index contributed by atoms with van der Waals surface area (Å²) in [5.41, 5.74) is 1.35. The van der Waals surface area contributed by atoms with Crippen LogP contribution < -0.4 is 4.90 Å². The van der Waals surface area contributed by atoms with Crippen molar-refractivity contribution in [2.24, 2.45) is 0 Å². The number of aromatic nitrogens is 2. The first-order valence-corrected chi connectivity index (χ1v) is 6.39. The van der Waals surface area contributed by atoms with Gasteiger partial charge in [0.2, 0.25) is 11.8 Å². The lowest BCUT2D eigenvalue weighted by Crippen LogP contribution is -2.33. The summed E-state index contributed by atoms with van der Waals surface area (Å²) in [6.07, 6.45) is 1.86. The van der Waals surface area contributed by atoms with E-state index in [2.05, 4.69) is 14.9 Å². The first-order chi connectivity index (χ1) is 8.56. The van der Waals surface area contributed by atoms with Crippen LogP contribution in [-0.4, -0.2) is 28.4 Å². The van der Waals surface area contributed by atoms with Gasteiger partial charge < -0.3 is 0 Å². The molecule has 0 aliphatic heterocycles. The second kappa shape index (κ2) is 4.77. The van der Waals surface area contributed by atoms with E-state index in [1.165, 1.54) is 25.6 Å². The summed E-state index contributed by atoms with van der Waals surface area (Å²) in [5, 5.41) is 7.48. The van der Waals surface area contributed by atoms with Crippen LogP contribution in [0.15, 0.2) is 21.7 Å². The number of benzene rings is 1. The molecule has 2 rings (SSSR count). The fourth-order valence-corrected chi connectivity index (χ4v) is 2.32. The Hall–Kier alpha value is -1.89. The SMILES string of the molecule is CSc1ccc2nonc2c1N(C(C)=O)C(C)=O. The smallest absolute Gasteiger partial charge is 0.230 e. The number of thioether (sulfide) groups is 1. The Morgan fingerprint density at radius 2 is 1.89 bits per heavy atom. The first kappa shape index (κ1) is 12.6. The predicted molar refractivity (Wildman–Crippen MR) is 67.4 cm³/mol. The zero-order valence-electron chi connectivity index (χ0n) is 10.1. The van der Waals surface area contributed by atoms with Crippen molar-refractivity contribution >= 4 is 40.3 Å². The Morgan fingerprint density at radius 3 is 2.44 bits per heavy atom. The van der Waals surface area contributed by atoms with Crippen LogP contribution in [0.2, 0.25) is 0 Å².